The van der Waals surface area contributed by atoms with Crippen LogP contribution >= 0.6 is 0 Å². The molecule has 0 fully saturated rings. The molecule has 122 valence electrons. The number of nitrogens with zero attached hydrogens (tertiary/aromatic N) is 2. The van der Waals surface area contributed by atoms with Crippen LogP contribution in [0.1, 0.15) is 19.4 Å². The summed E-state index contributed by atoms with van der Waals surface area (Å²) in [4.78, 5) is 9.08. The van der Waals surface area contributed by atoms with Gasteiger partial charge in [-0.2, -0.15) is 0 Å². The van der Waals surface area contributed by atoms with Crippen LogP contribution in [-0.2, 0) is 6.42 Å². The molecule has 0 radical (unpaired) electrons. The molecule has 0 bridgehead atoms. The molecule has 0 unspecified atom stereocenters. The van der Waals surface area contributed by atoms with Gasteiger partial charge in [-0.3, -0.25) is 0 Å². The highest BCUT2D eigenvalue weighted by atomic mass is 16.5. The van der Waals surface area contributed by atoms with Gasteiger partial charge in [0.2, 0.25) is 0 Å². The zero-order chi connectivity index (χ0) is 17.0. The molecule has 0 spiro atoms. The van der Waals surface area contributed by atoms with Crippen LogP contribution in [0.4, 0.5) is 0 Å². The predicted octanol–water partition coefficient (Wildman–Crippen LogP) is 5.75. The molecule has 1 aromatic heterocycles. The minimum atomic E-state index is 0.589. The van der Waals surface area contributed by atoms with Crippen molar-refractivity contribution in [3.8, 4) is 22.8 Å². The van der Waals surface area contributed by atoms with Crippen molar-refractivity contribution >= 4 is 21.7 Å². The minimum absolute atomic E-state index is 0.589. The molecule has 0 aliphatic carbocycles. The fourth-order valence-corrected chi connectivity index (χ4v) is 3.69. The average Bonchev–Trinajstić information content (AvgIpc) is 2.60. The van der Waals surface area contributed by atoms with E-state index in [1.807, 2.05) is 0 Å². The van der Waals surface area contributed by atoms with Crippen LogP contribution < -0.4 is 4.74 Å². The Morgan fingerprint density at radius 2 is 1.72 bits per heavy atom. The summed E-state index contributed by atoms with van der Waals surface area (Å²) in [5, 5.41) is 3.38. The number of benzene rings is 3. The van der Waals surface area contributed by atoms with Gasteiger partial charge in [0.05, 0.1) is 16.6 Å². The zero-order valence-electron chi connectivity index (χ0n) is 14.3. The zero-order valence-corrected chi connectivity index (χ0v) is 14.3. The number of hydrogen-bond donors (Lipinski definition) is 0. The van der Waals surface area contributed by atoms with E-state index in [2.05, 4.69) is 72.3 Å². The molecule has 4 aromatic rings. The van der Waals surface area contributed by atoms with Crippen molar-refractivity contribution in [1.29, 1.82) is 0 Å². The largest absolute Gasteiger partial charge is 0.456 e. The fraction of sp³-hybridized carbons (Fsp3) is 0.182. The highest BCUT2D eigenvalue weighted by molar-refractivity contribution is 6.03. The molecule has 0 atom stereocenters. The van der Waals surface area contributed by atoms with E-state index in [0.717, 1.165) is 40.1 Å². The van der Waals surface area contributed by atoms with E-state index in [4.69, 9.17) is 4.74 Å². The van der Waals surface area contributed by atoms with Gasteiger partial charge >= 0.3 is 0 Å². The first-order valence-corrected chi connectivity index (χ1v) is 8.68. The molecule has 3 aromatic carbocycles. The van der Waals surface area contributed by atoms with E-state index >= 15 is 0 Å². The number of rotatable bonds is 2. The van der Waals surface area contributed by atoms with Crippen LogP contribution in [0.25, 0.3) is 32.9 Å². The van der Waals surface area contributed by atoms with Gasteiger partial charge in [-0.1, -0.05) is 38.1 Å². The van der Waals surface area contributed by atoms with Crippen molar-refractivity contribution in [3.05, 3.63) is 60.4 Å². The maximum atomic E-state index is 6.30. The van der Waals surface area contributed by atoms with Crippen LogP contribution in [0.3, 0.4) is 0 Å². The molecule has 1 aliphatic heterocycles. The third-order valence-corrected chi connectivity index (χ3v) is 4.73. The van der Waals surface area contributed by atoms with Gasteiger partial charge < -0.3 is 4.74 Å². The molecular weight excluding hydrogens is 308 g/mol. The fourth-order valence-electron chi connectivity index (χ4n) is 3.69. The molecule has 0 saturated carbocycles. The molecule has 3 heteroatoms. The Bertz CT molecular complexity index is 1130. The first-order chi connectivity index (χ1) is 12.2. The molecule has 0 amide bonds. The second kappa shape index (κ2) is 5.28. The number of aromatic nitrogens is 2. The van der Waals surface area contributed by atoms with Crippen LogP contribution in [-0.4, -0.2) is 9.97 Å². The Morgan fingerprint density at radius 3 is 2.52 bits per heavy atom. The summed E-state index contributed by atoms with van der Waals surface area (Å²) < 4.78 is 6.30. The Morgan fingerprint density at radius 1 is 0.920 bits per heavy atom. The van der Waals surface area contributed by atoms with E-state index in [9.17, 15) is 0 Å². The van der Waals surface area contributed by atoms with Crippen molar-refractivity contribution in [2.75, 3.05) is 0 Å². The smallest absolute Gasteiger partial charge is 0.139 e. The summed E-state index contributed by atoms with van der Waals surface area (Å²) in [7, 11) is 0. The van der Waals surface area contributed by atoms with E-state index in [-0.39, 0.29) is 0 Å². The summed E-state index contributed by atoms with van der Waals surface area (Å²) in [6.45, 7) is 4.45. The van der Waals surface area contributed by atoms with Gasteiger partial charge in [-0.15, -0.1) is 0 Å². The van der Waals surface area contributed by atoms with Crippen molar-refractivity contribution in [3.63, 3.8) is 0 Å². The monoisotopic (exact) mass is 326 g/mol. The van der Waals surface area contributed by atoms with Crippen molar-refractivity contribution in [1.82, 2.24) is 9.97 Å². The Labute approximate surface area is 146 Å². The molecule has 5 rings (SSSR count). The third-order valence-electron chi connectivity index (χ3n) is 4.73. The summed E-state index contributed by atoms with van der Waals surface area (Å²) in [5.74, 6) is 2.32. The molecule has 0 saturated heterocycles. The summed E-state index contributed by atoms with van der Waals surface area (Å²) in [5.41, 5.74) is 4.21. The van der Waals surface area contributed by atoms with E-state index in [0.29, 0.717) is 5.92 Å². The Hall–Kier alpha value is -2.94. The summed E-state index contributed by atoms with van der Waals surface area (Å²) in [6.07, 6.45) is 2.67. The topological polar surface area (TPSA) is 35.0 Å². The van der Waals surface area contributed by atoms with Gasteiger partial charge in [-0.25, -0.2) is 9.97 Å². The SMILES string of the molecule is CC(C)Cc1cc2c3c(ncnc3c1)-c1cc3ccccc3cc1O2. The van der Waals surface area contributed by atoms with Crippen molar-refractivity contribution < 1.29 is 4.74 Å². The maximum absolute atomic E-state index is 6.30. The third kappa shape index (κ3) is 2.27. The summed E-state index contributed by atoms with van der Waals surface area (Å²) in [6, 6.07) is 16.9. The standard InChI is InChI=1S/C22H18N2O/c1-13(2)7-14-8-18-21-20(9-14)25-19-11-16-6-4-3-5-15(16)10-17(19)22(21)24-12-23-18/h3-6,8-13H,7H2,1-2H3. The lowest BCUT2D eigenvalue weighted by Gasteiger charge is -2.21. The van der Waals surface area contributed by atoms with E-state index in [1.165, 1.54) is 16.3 Å². The number of hydrogen-bond acceptors (Lipinski definition) is 3. The molecule has 25 heavy (non-hydrogen) atoms. The van der Waals surface area contributed by atoms with Crippen LogP contribution in [0.2, 0.25) is 0 Å². The molecule has 0 N–H and O–H groups in total. The highest BCUT2D eigenvalue weighted by Crippen LogP contribution is 2.46. The number of fused-ring (bicyclic) bond motifs is 3. The van der Waals surface area contributed by atoms with Crippen molar-refractivity contribution in [2.45, 2.75) is 20.3 Å². The van der Waals surface area contributed by atoms with Crippen LogP contribution in [0.5, 0.6) is 11.5 Å². The lowest BCUT2D eigenvalue weighted by atomic mass is 9.95. The predicted molar refractivity (Wildman–Crippen MR) is 101 cm³/mol. The van der Waals surface area contributed by atoms with Gasteiger partial charge in [0.25, 0.3) is 0 Å². The molecule has 2 heterocycles. The van der Waals surface area contributed by atoms with Gasteiger partial charge in [0.15, 0.2) is 0 Å². The second-order valence-corrected chi connectivity index (χ2v) is 7.11. The van der Waals surface area contributed by atoms with E-state index < -0.39 is 0 Å². The Balaban J connectivity index is 1.80. The average molecular weight is 326 g/mol. The second-order valence-electron chi connectivity index (χ2n) is 7.11. The Kier molecular flexibility index (Phi) is 3.04. The number of ether oxygens (including phenoxy) is 1. The first kappa shape index (κ1) is 14.4. The van der Waals surface area contributed by atoms with Gasteiger partial charge in [0.1, 0.15) is 17.8 Å². The maximum Gasteiger partial charge on any atom is 0.139 e. The normalized spacial score (nSPS) is 12.4. The van der Waals surface area contributed by atoms with Gasteiger partial charge in [-0.05, 0) is 52.9 Å². The van der Waals surface area contributed by atoms with Crippen LogP contribution in [0, 0.1) is 5.92 Å². The molecular formula is C22H18N2O. The van der Waals surface area contributed by atoms with E-state index in [1.54, 1.807) is 6.33 Å². The summed E-state index contributed by atoms with van der Waals surface area (Å²) >= 11 is 0. The lowest BCUT2D eigenvalue weighted by molar-refractivity contribution is 0.485. The molecule has 3 nitrogen and oxygen atoms in total. The lowest BCUT2D eigenvalue weighted by Crippen LogP contribution is -2.02. The van der Waals surface area contributed by atoms with Gasteiger partial charge in [0, 0.05) is 5.56 Å². The highest BCUT2D eigenvalue weighted by Gasteiger charge is 2.23. The van der Waals surface area contributed by atoms with Crippen LogP contribution in [0.15, 0.2) is 54.9 Å². The first-order valence-electron chi connectivity index (χ1n) is 8.68. The molecule has 1 aliphatic rings. The quantitative estimate of drug-likeness (QED) is 0.414. The minimum Gasteiger partial charge on any atom is -0.456 e. The van der Waals surface area contributed by atoms with Crippen molar-refractivity contribution in [2.24, 2.45) is 5.92 Å².